The lowest BCUT2D eigenvalue weighted by molar-refractivity contribution is -0.116. The summed E-state index contributed by atoms with van der Waals surface area (Å²) in [5.41, 5.74) is 0. The van der Waals surface area contributed by atoms with Crippen LogP contribution in [0.1, 0.15) is 5.76 Å². The first kappa shape index (κ1) is 17.2. The average Bonchev–Trinajstić information content (AvgIpc) is 3.18. The maximum Gasteiger partial charge on any atom is 0.244 e. The van der Waals surface area contributed by atoms with Gasteiger partial charge in [-0.25, -0.2) is 15.0 Å². The van der Waals surface area contributed by atoms with Gasteiger partial charge in [0.15, 0.2) is 0 Å². The maximum absolute atomic E-state index is 11.7. The van der Waals surface area contributed by atoms with Gasteiger partial charge in [0, 0.05) is 31.4 Å². The molecule has 0 radical (unpaired) electrons. The van der Waals surface area contributed by atoms with Crippen LogP contribution >= 0.6 is 0 Å². The summed E-state index contributed by atoms with van der Waals surface area (Å²) in [5, 5.41) is 8.99. The number of nitrogens with zero attached hydrogens (tertiary/aromatic N) is 3. The van der Waals surface area contributed by atoms with Crippen molar-refractivity contribution < 1.29 is 9.21 Å². The Kier molecular flexibility index (Phi) is 5.92. The molecule has 3 rings (SSSR count). The van der Waals surface area contributed by atoms with Gasteiger partial charge in [0.25, 0.3) is 0 Å². The summed E-state index contributed by atoms with van der Waals surface area (Å²) in [6.07, 6.45) is 7.76. The van der Waals surface area contributed by atoms with E-state index in [-0.39, 0.29) is 5.91 Å². The number of amides is 1. The van der Waals surface area contributed by atoms with E-state index < -0.39 is 0 Å². The van der Waals surface area contributed by atoms with Gasteiger partial charge in [-0.05, 0) is 30.3 Å². The SMILES string of the molecule is O=C(C=Cc1ccco1)NCCNc1cc(Nc2ccccn2)ncn1. The molecule has 0 bridgehead atoms. The van der Waals surface area contributed by atoms with Gasteiger partial charge in [0.2, 0.25) is 5.91 Å². The van der Waals surface area contributed by atoms with Crippen molar-refractivity contribution in [2.24, 2.45) is 0 Å². The van der Waals surface area contributed by atoms with Crippen LogP contribution in [0, 0.1) is 0 Å². The Labute approximate surface area is 150 Å². The van der Waals surface area contributed by atoms with Crippen LogP contribution in [0.3, 0.4) is 0 Å². The fourth-order valence-electron chi connectivity index (χ4n) is 2.07. The monoisotopic (exact) mass is 350 g/mol. The molecule has 3 heterocycles. The van der Waals surface area contributed by atoms with Crippen LogP contribution in [0.2, 0.25) is 0 Å². The predicted molar refractivity (Wildman–Crippen MR) is 98.8 cm³/mol. The Bertz CT molecular complexity index is 849. The van der Waals surface area contributed by atoms with Crippen molar-refractivity contribution in [3.05, 3.63) is 67.0 Å². The van der Waals surface area contributed by atoms with Crippen molar-refractivity contribution >= 4 is 29.4 Å². The first-order valence-electron chi connectivity index (χ1n) is 8.03. The van der Waals surface area contributed by atoms with Crippen molar-refractivity contribution in [1.29, 1.82) is 0 Å². The molecule has 132 valence electrons. The van der Waals surface area contributed by atoms with E-state index in [0.717, 1.165) is 0 Å². The van der Waals surface area contributed by atoms with E-state index in [2.05, 4.69) is 30.9 Å². The summed E-state index contributed by atoms with van der Waals surface area (Å²) in [4.78, 5) is 24.2. The first-order valence-corrected chi connectivity index (χ1v) is 8.03. The molecule has 3 aromatic rings. The summed E-state index contributed by atoms with van der Waals surface area (Å²) in [7, 11) is 0. The molecular formula is C18H18N6O2. The zero-order chi connectivity index (χ0) is 18.0. The van der Waals surface area contributed by atoms with Crippen molar-refractivity contribution in [2.75, 3.05) is 23.7 Å². The zero-order valence-corrected chi connectivity index (χ0v) is 13.9. The van der Waals surface area contributed by atoms with E-state index in [1.54, 1.807) is 36.7 Å². The second kappa shape index (κ2) is 8.97. The third kappa shape index (κ3) is 5.45. The van der Waals surface area contributed by atoms with E-state index in [0.29, 0.717) is 36.3 Å². The standard InChI is InChI=1S/C18H18N6O2/c25-18(7-6-14-4-3-11-26-14)21-10-9-20-16-12-17(23-13-22-16)24-15-5-1-2-8-19-15/h1-8,11-13H,9-10H2,(H,21,25)(H2,19,20,22,23,24). The van der Waals surface area contributed by atoms with Gasteiger partial charge in [-0.3, -0.25) is 4.79 Å². The molecule has 0 saturated heterocycles. The number of hydrogen-bond donors (Lipinski definition) is 3. The molecule has 0 spiro atoms. The van der Waals surface area contributed by atoms with Crippen molar-refractivity contribution in [3.63, 3.8) is 0 Å². The van der Waals surface area contributed by atoms with Gasteiger partial charge >= 0.3 is 0 Å². The molecule has 3 N–H and O–H groups in total. The highest BCUT2D eigenvalue weighted by atomic mass is 16.3. The number of pyridine rings is 1. The lowest BCUT2D eigenvalue weighted by Gasteiger charge is -2.08. The average molecular weight is 350 g/mol. The van der Waals surface area contributed by atoms with Crippen LogP contribution in [0.4, 0.5) is 17.5 Å². The third-order valence-electron chi connectivity index (χ3n) is 3.26. The van der Waals surface area contributed by atoms with Gasteiger partial charge in [-0.2, -0.15) is 0 Å². The number of hydrogen-bond acceptors (Lipinski definition) is 7. The molecule has 0 aromatic carbocycles. The summed E-state index contributed by atoms with van der Waals surface area (Å²) < 4.78 is 5.12. The Morgan fingerprint density at radius 3 is 2.77 bits per heavy atom. The number of carbonyl (C=O) groups is 1. The van der Waals surface area contributed by atoms with Crippen LogP contribution in [0.15, 0.2) is 65.7 Å². The van der Waals surface area contributed by atoms with E-state index in [9.17, 15) is 4.79 Å². The Hall–Kier alpha value is -3.68. The first-order chi connectivity index (χ1) is 12.8. The summed E-state index contributed by atoms with van der Waals surface area (Å²) in [6, 6.07) is 10.9. The lowest BCUT2D eigenvalue weighted by atomic mass is 10.4. The minimum Gasteiger partial charge on any atom is -0.465 e. The van der Waals surface area contributed by atoms with E-state index >= 15 is 0 Å². The molecule has 0 fully saturated rings. The molecule has 26 heavy (non-hydrogen) atoms. The van der Waals surface area contributed by atoms with Gasteiger partial charge in [-0.1, -0.05) is 6.07 Å². The number of carbonyl (C=O) groups excluding carboxylic acids is 1. The van der Waals surface area contributed by atoms with Gasteiger partial charge in [0.05, 0.1) is 6.26 Å². The molecule has 1 amide bonds. The van der Waals surface area contributed by atoms with Crippen LogP contribution in [-0.4, -0.2) is 33.9 Å². The third-order valence-corrected chi connectivity index (χ3v) is 3.26. The molecule has 8 nitrogen and oxygen atoms in total. The number of anilines is 3. The van der Waals surface area contributed by atoms with Crippen molar-refractivity contribution in [2.45, 2.75) is 0 Å². The van der Waals surface area contributed by atoms with Crippen LogP contribution in [0.25, 0.3) is 6.08 Å². The van der Waals surface area contributed by atoms with Crippen LogP contribution in [0.5, 0.6) is 0 Å². The Morgan fingerprint density at radius 2 is 1.96 bits per heavy atom. The summed E-state index contributed by atoms with van der Waals surface area (Å²) in [5.74, 6) is 2.42. The highest BCUT2D eigenvalue weighted by Crippen LogP contribution is 2.13. The second-order valence-corrected chi connectivity index (χ2v) is 5.20. The van der Waals surface area contributed by atoms with Crippen molar-refractivity contribution in [1.82, 2.24) is 20.3 Å². The van der Waals surface area contributed by atoms with Crippen molar-refractivity contribution in [3.8, 4) is 0 Å². The minimum atomic E-state index is -0.191. The molecule has 0 aliphatic heterocycles. The predicted octanol–water partition coefficient (Wildman–Crippen LogP) is 2.45. The maximum atomic E-state index is 11.7. The molecule has 0 aliphatic rings. The normalized spacial score (nSPS) is 10.6. The van der Waals surface area contributed by atoms with Crippen LogP contribution in [-0.2, 0) is 4.79 Å². The van der Waals surface area contributed by atoms with E-state index in [1.807, 2.05) is 18.2 Å². The van der Waals surface area contributed by atoms with Crippen LogP contribution < -0.4 is 16.0 Å². The molecule has 0 saturated carbocycles. The Morgan fingerprint density at radius 1 is 1.04 bits per heavy atom. The Balaban J connectivity index is 1.42. The van der Waals surface area contributed by atoms with E-state index in [1.165, 1.54) is 12.4 Å². The van der Waals surface area contributed by atoms with E-state index in [4.69, 9.17) is 4.42 Å². The fraction of sp³-hybridized carbons (Fsp3) is 0.111. The lowest BCUT2D eigenvalue weighted by Crippen LogP contribution is -2.27. The number of furan rings is 1. The minimum absolute atomic E-state index is 0.191. The van der Waals surface area contributed by atoms with Gasteiger partial charge < -0.3 is 20.4 Å². The van der Waals surface area contributed by atoms with Gasteiger partial charge in [-0.15, -0.1) is 0 Å². The fourth-order valence-corrected chi connectivity index (χ4v) is 2.07. The van der Waals surface area contributed by atoms with Gasteiger partial charge in [0.1, 0.15) is 29.5 Å². The largest absolute Gasteiger partial charge is 0.465 e. The zero-order valence-electron chi connectivity index (χ0n) is 13.9. The summed E-state index contributed by atoms with van der Waals surface area (Å²) in [6.45, 7) is 0.981. The number of nitrogens with one attached hydrogen (secondary N) is 3. The highest BCUT2D eigenvalue weighted by molar-refractivity contribution is 5.91. The number of rotatable bonds is 8. The topological polar surface area (TPSA) is 105 Å². The second-order valence-electron chi connectivity index (χ2n) is 5.20. The quantitative estimate of drug-likeness (QED) is 0.423. The molecule has 0 atom stereocenters. The number of aromatic nitrogens is 3. The molecular weight excluding hydrogens is 332 g/mol. The smallest absolute Gasteiger partial charge is 0.244 e. The molecule has 3 aromatic heterocycles. The molecule has 0 aliphatic carbocycles. The molecule has 0 unspecified atom stereocenters. The summed E-state index contributed by atoms with van der Waals surface area (Å²) >= 11 is 0. The molecule has 8 heteroatoms. The highest BCUT2D eigenvalue weighted by Gasteiger charge is 2.00.